The average Bonchev–Trinajstić information content (AvgIpc) is 3.09. The van der Waals surface area contributed by atoms with Gasteiger partial charge in [0.25, 0.3) is 5.91 Å². The van der Waals surface area contributed by atoms with E-state index in [2.05, 4.69) is 20.9 Å². The number of nitrogens with one attached hydrogen (secondary N) is 3. The lowest BCUT2D eigenvalue weighted by Crippen LogP contribution is -2.52. The van der Waals surface area contributed by atoms with Crippen molar-refractivity contribution in [3.05, 3.63) is 93.6 Å². The number of para-hydroxylation sites is 1. The van der Waals surface area contributed by atoms with Gasteiger partial charge in [-0.1, -0.05) is 47.5 Å². The summed E-state index contributed by atoms with van der Waals surface area (Å²) in [6.07, 6.45) is 0. The first-order valence-corrected chi connectivity index (χ1v) is 15.9. The van der Waals surface area contributed by atoms with Gasteiger partial charge < -0.3 is 35.4 Å². The van der Waals surface area contributed by atoms with Crippen molar-refractivity contribution < 1.29 is 23.9 Å². The van der Waals surface area contributed by atoms with Crippen molar-refractivity contribution in [2.45, 2.75) is 13.5 Å². The number of amides is 6. The van der Waals surface area contributed by atoms with E-state index in [1.807, 2.05) is 37.3 Å². The summed E-state index contributed by atoms with van der Waals surface area (Å²) in [5.74, 6) is -0.0697. The van der Waals surface area contributed by atoms with Crippen LogP contribution in [0.5, 0.6) is 5.75 Å². The highest BCUT2D eigenvalue weighted by molar-refractivity contribution is 6.38. The Balaban J connectivity index is 0.00000541. The van der Waals surface area contributed by atoms with Gasteiger partial charge in [0, 0.05) is 73.2 Å². The van der Waals surface area contributed by atoms with Crippen LogP contribution in [0, 0.1) is 6.92 Å². The van der Waals surface area contributed by atoms with Gasteiger partial charge in [-0.05, 0) is 49.4 Å². The predicted molar refractivity (Wildman–Crippen MR) is 193 cm³/mol. The Hall–Kier alpha value is -4.78. The van der Waals surface area contributed by atoms with E-state index in [1.54, 1.807) is 60.3 Å². The van der Waals surface area contributed by atoms with Crippen molar-refractivity contribution in [2.24, 2.45) is 0 Å². The van der Waals surface area contributed by atoms with Crippen LogP contribution in [-0.4, -0.2) is 85.5 Å². The molecule has 12 nitrogen and oxygen atoms in total. The van der Waals surface area contributed by atoms with Crippen LogP contribution in [0.15, 0.2) is 66.7 Å². The minimum Gasteiger partial charge on any atom is -0.487 e. The maximum Gasteiger partial charge on any atom is 0.319 e. The van der Waals surface area contributed by atoms with Gasteiger partial charge in [-0.25, -0.2) is 14.6 Å². The van der Waals surface area contributed by atoms with Crippen LogP contribution in [0.2, 0.25) is 10.0 Å². The number of urea groups is 2. The van der Waals surface area contributed by atoms with Gasteiger partial charge in [0.05, 0.1) is 17.3 Å². The second-order valence-corrected chi connectivity index (χ2v) is 11.9. The smallest absolute Gasteiger partial charge is 0.319 e. The van der Waals surface area contributed by atoms with E-state index in [-0.39, 0.29) is 42.5 Å². The van der Waals surface area contributed by atoms with Crippen LogP contribution in [0.1, 0.15) is 21.6 Å². The molecule has 5 rings (SSSR count). The number of carbonyl (C=O) groups is 4. The largest absolute Gasteiger partial charge is 0.487 e. The highest BCUT2D eigenvalue weighted by Crippen LogP contribution is 2.35. The lowest BCUT2D eigenvalue weighted by molar-refractivity contribution is -0.117. The standard InChI is InChI=1S/C34H35Cl2N7O5.ClH/c1-21-10-11-22-6-5-9-28(31(22)39-21)48-20-25-26(35)12-13-27(30(25)36)41(3)29(44)19-38-33(46)40-24-8-4-7-23(18-24)32(45)42-14-16-43(17-15-42)34(47)37-2;/h4-13,18H,14-17,19-20H2,1-3H3,(H,37,47)(H2,38,40,46);1H. The maximum atomic E-state index is 13.1. The molecule has 1 fully saturated rings. The zero-order chi connectivity index (χ0) is 34.4. The highest BCUT2D eigenvalue weighted by Gasteiger charge is 2.25. The van der Waals surface area contributed by atoms with E-state index in [0.717, 1.165) is 11.1 Å². The first-order valence-electron chi connectivity index (χ1n) is 15.2. The Morgan fingerprint density at radius 3 is 2.39 bits per heavy atom. The Kier molecular flexibility index (Phi) is 12.5. The van der Waals surface area contributed by atoms with Crippen molar-refractivity contribution in [3.63, 3.8) is 0 Å². The molecule has 0 bridgehead atoms. The summed E-state index contributed by atoms with van der Waals surface area (Å²) in [7, 11) is 3.11. The zero-order valence-corrected chi connectivity index (χ0v) is 29.4. The Labute approximate surface area is 300 Å². The molecule has 1 aromatic heterocycles. The molecule has 0 aliphatic carbocycles. The molecule has 0 atom stereocenters. The first kappa shape index (κ1) is 37.0. The second-order valence-electron chi connectivity index (χ2n) is 11.1. The summed E-state index contributed by atoms with van der Waals surface area (Å²) in [4.78, 5) is 59.9. The topological polar surface area (TPSA) is 136 Å². The minimum atomic E-state index is -0.629. The molecule has 15 heteroatoms. The molecule has 1 aliphatic rings. The van der Waals surface area contributed by atoms with Crippen LogP contribution < -0.4 is 25.6 Å². The summed E-state index contributed by atoms with van der Waals surface area (Å²) < 4.78 is 6.09. The summed E-state index contributed by atoms with van der Waals surface area (Å²) in [5.41, 5.74) is 3.22. The van der Waals surface area contributed by atoms with E-state index in [0.29, 0.717) is 65.0 Å². The van der Waals surface area contributed by atoms with Crippen molar-refractivity contribution in [2.75, 3.05) is 57.0 Å². The van der Waals surface area contributed by atoms with E-state index >= 15 is 0 Å². The first-order chi connectivity index (χ1) is 23.0. The molecule has 0 radical (unpaired) electrons. The monoisotopic (exact) mass is 727 g/mol. The van der Waals surface area contributed by atoms with Gasteiger partial charge in [0.2, 0.25) is 5.91 Å². The van der Waals surface area contributed by atoms with Crippen LogP contribution in [0.4, 0.5) is 21.0 Å². The second kappa shape index (κ2) is 16.6. The number of aromatic nitrogens is 1. The van der Waals surface area contributed by atoms with Crippen LogP contribution in [-0.2, 0) is 11.4 Å². The van der Waals surface area contributed by atoms with Crippen LogP contribution in [0.25, 0.3) is 10.9 Å². The number of pyridine rings is 1. The molecule has 0 unspecified atom stereocenters. The van der Waals surface area contributed by atoms with Gasteiger partial charge in [-0.15, -0.1) is 12.4 Å². The molecule has 0 saturated carbocycles. The number of likely N-dealkylation sites (N-methyl/N-ethyl adjacent to an activating group) is 1. The highest BCUT2D eigenvalue weighted by atomic mass is 35.5. The number of fused-ring (bicyclic) bond motifs is 1. The van der Waals surface area contributed by atoms with Gasteiger partial charge in [-0.2, -0.15) is 0 Å². The van der Waals surface area contributed by atoms with Crippen molar-refractivity contribution >= 4 is 81.8 Å². The quantitative estimate of drug-likeness (QED) is 0.212. The summed E-state index contributed by atoms with van der Waals surface area (Å²) in [5, 5.41) is 9.34. The molecule has 3 aromatic carbocycles. The molecule has 0 spiro atoms. The van der Waals surface area contributed by atoms with Gasteiger partial charge in [-0.3, -0.25) is 9.59 Å². The SMILES string of the molecule is CNC(=O)N1CCN(C(=O)c2cccc(NC(=O)NCC(=O)N(C)c3ccc(Cl)c(COc4cccc5ccc(C)nc45)c3Cl)c2)CC1.Cl. The van der Waals surface area contributed by atoms with E-state index < -0.39 is 11.9 Å². The van der Waals surface area contributed by atoms with Crippen LogP contribution in [0.3, 0.4) is 0 Å². The number of carbonyl (C=O) groups excluding carboxylic acids is 4. The molecule has 4 aromatic rings. The number of hydrogen-bond donors (Lipinski definition) is 3. The molecular formula is C34H36Cl3N7O5. The molecule has 1 aliphatic heterocycles. The maximum absolute atomic E-state index is 13.1. The van der Waals surface area contributed by atoms with E-state index in [9.17, 15) is 19.2 Å². The normalized spacial score (nSPS) is 12.5. The average molecular weight is 729 g/mol. The zero-order valence-electron chi connectivity index (χ0n) is 27.1. The Bertz CT molecular complexity index is 1870. The fourth-order valence-corrected chi connectivity index (χ4v) is 5.83. The van der Waals surface area contributed by atoms with Crippen LogP contribution >= 0.6 is 35.6 Å². The minimum absolute atomic E-state index is 0. The molecular weight excluding hydrogens is 693 g/mol. The third-order valence-corrected chi connectivity index (χ3v) is 8.71. The molecule has 2 heterocycles. The van der Waals surface area contributed by atoms with E-state index in [4.69, 9.17) is 27.9 Å². The number of aryl methyl sites for hydroxylation is 1. The number of halogens is 3. The number of nitrogens with zero attached hydrogens (tertiary/aromatic N) is 4. The summed E-state index contributed by atoms with van der Waals surface area (Å²) in [6, 6.07) is 18.5. The third kappa shape index (κ3) is 8.83. The van der Waals surface area contributed by atoms with E-state index in [1.165, 1.54) is 4.90 Å². The fourth-order valence-electron chi connectivity index (χ4n) is 5.23. The summed E-state index contributed by atoms with van der Waals surface area (Å²) in [6.45, 7) is 3.25. The van der Waals surface area contributed by atoms with Crippen molar-refractivity contribution in [1.82, 2.24) is 25.4 Å². The molecule has 49 heavy (non-hydrogen) atoms. The number of anilines is 2. The fraction of sp³-hybridized carbons (Fsp3) is 0.265. The Morgan fingerprint density at radius 1 is 0.939 bits per heavy atom. The molecule has 258 valence electrons. The molecule has 3 N–H and O–H groups in total. The van der Waals surface area contributed by atoms with Gasteiger partial charge in [0.15, 0.2) is 0 Å². The predicted octanol–water partition coefficient (Wildman–Crippen LogP) is 5.73. The molecule has 1 saturated heterocycles. The number of benzene rings is 3. The van der Waals surface area contributed by atoms with Crippen molar-refractivity contribution in [1.29, 1.82) is 0 Å². The Morgan fingerprint density at radius 2 is 1.65 bits per heavy atom. The van der Waals surface area contributed by atoms with Gasteiger partial charge in [0.1, 0.15) is 17.9 Å². The van der Waals surface area contributed by atoms with Gasteiger partial charge >= 0.3 is 12.1 Å². The number of rotatable bonds is 8. The number of hydrogen-bond acceptors (Lipinski definition) is 6. The molecule has 6 amide bonds. The number of ether oxygens (including phenoxy) is 1. The number of piperazine rings is 1. The lowest BCUT2D eigenvalue weighted by atomic mass is 10.1. The third-order valence-electron chi connectivity index (χ3n) is 7.93. The van der Waals surface area contributed by atoms with Crippen molar-refractivity contribution in [3.8, 4) is 5.75 Å². The lowest BCUT2D eigenvalue weighted by Gasteiger charge is -2.34. The summed E-state index contributed by atoms with van der Waals surface area (Å²) >= 11 is 13.2.